The zero-order valence-corrected chi connectivity index (χ0v) is 13.3. The Morgan fingerprint density at radius 3 is 2.67 bits per heavy atom. The molecule has 2 aliphatic carbocycles. The van der Waals surface area contributed by atoms with Gasteiger partial charge < -0.3 is 11.1 Å². The predicted octanol–water partition coefficient (Wildman–Crippen LogP) is 3.14. The molecular formula is C18H26N2O. The first-order chi connectivity index (χ1) is 9.83. The lowest BCUT2D eigenvalue weighted by Gasteiger charge is -2.43. The van der Waals surface area contributed by atoms with Crippen LogP contribution in [0.2, 0.25) is 0 Å². The Labute approximate surface area is 127 Å². The third-order valence-electron chi connectivity index (χ3n) is 5.98. The van der Waals surface area contributed by atoms with Gasteiger partial charge in [0.15, 0.2) is 0 Å². The van der Waals surface area contributed by atoms with Gasteiger partial charge in [0.05, 0.1) is 6.42 Å². The summed E-state index contributed by atoms with van der Waals surface area (Å²) >= 11 is 0. The van der Waals surface area contributed by atoms with Gasteiger partial charge in [0.1, 0.15) is 0 Å². The average Bonchev–Trinajstić information content (AvgIpc) is 2.89. The van der Waals surface area contributed by atoms with Gasteiger partial charge in [-0.3, -0.25) is 4.79 Å². The zero-order valence-electron chi connectivity index (χ0n) is 13.3. The quantitative estimate of drug-likeness (QED) is 0.839. The molecule has 3 unspecified atom stereocenters. The van der Waals surface area contributed by atoms with Gasteiger partial charge in [0.2, 0.25) is 5.91 Å². The molecule has 114 valence electrons. The molecule has 21 heavy (non-hydrogen) atoms. The summed E-state index contributed by atoms with van der Waals surface area (Å²) in [6.45, 7) is 6.96. The molecule has 0 aliphatic heterocycles. The molecule has 3 N–H and O–H groups in total. The highest BCUT2D eigenvalue weighted by Crippen LogP contribution is 2.62. The van der Waals surface area contributed by atoms with Crippen LogP contribution in [-0.4, -0.2) is 11.9 Å². The van der Waals surface area contributed by atoms with Gasteiger partial charge in [-0.05, 0) is 47.6 Å². The van der Waals surface area contributed by atoms with Gasteiger partial charge in [-0.1, -0.05) is 39.0 Å². The molecule has 1 aromatic rings. The number of para-hydroxylation sites is 1. The number of fused-ring (bicyclic) bond motifs is 2. The first kappa shape index (κ1) is 14.4. The summed E-state index contributed by atoms with van der Waals surface area (Å²) in [6, 6.07) is 7.90. The number of nitrogen functional groups attached to an aromatic ring is 1. The molecule has 1 amide bonds. The Bertz CT molecular complexity index is 561. The van der Waals surface area contributed by atoms with E-state index in [9.17, 15) is 4.79 Å². The van der Waals surface area contributed by atoms with E-state index in [1.165, 1.54) is 19.3 Å². The van der Waals surface area contributed by atoms with E-state index >= 15 is 0 Å². The summed E-state index contributed by atoms with van der Waals surface area (Å²) < 4.78 is 0. The SMILES string of the molecule is CC12CCC(C1)C(C)(C)C2NC(=O)Cc1ccccc1N. The average molecular weight is 286 g/mol. The van der Waals surface area contributed by atoms with Gasteiger partial charge in [-0.15, -0.1) is 0 Å². The summed E-state index contributed by atoms with van der Waals surface area (Å²) in [5.41, 5.74) is 8.02. The maximum atomic E-state index is 12.5. The van der Waals surface area contributed by atoms with E-state index in [4.69, 9.17) is 5.73 Å². The molecule has 3 atom stereocenters. The number of hydrogen-bond acceptors (Lipinski definition) is 2. The topological polar surface area (TPSA) is 55.1 Å². The van der Waals surface area contributed by atoms with Crippen LogP contribution in [0.4, 0.5) is 5.69 Å². The lowest BCUT2D eigenvalue weighted by atomic mass is 9.68. The number of carbonyl (C=O) groups is 1. The van der Waals surface area contributed by atoms with Crippen LogP contribution < -0.4 is 11.1 Å². The maximum Gasteiger partial charge on any atom is 0.224 e. The van der Waals surface area contributed by atoms with Crippen molar-refractivity contribution in [3.63, 3.8) is 0 Å². The molecule has 0 saturated heterocycles. The smallest absolute Gasteiger partial charge is 0.224 e. The number of carbonyl (C=O) groups excluding carboxylic acids is 1. The summed E-state index contributed by atoms with van der Waals surface area (Å²) in [5.74, 6) is 0.842. The van der Waals surface area contributed by atoms with E-state index in [-0.39, 0.29) is 22.8 Å². The Hall–Kier alpha value is -1.51. The highest BCUT2D eigenvalue weighted by molar-refractivity contribution is 5.80. The van der Waals surface area contributed by atoms with Gasteiger partial charge in [0.25, 0.3) is 0 Å². The van der Waals surface area contributed by atoms with Crippen LogP contribution in [0, 0.1) is 16.7 Å². The van der Waals surface area contributed by atoms with E-state index in [2.05, 4.69) is 26.1 Å². The fourth-order valence-electron chi connectivity index (χ4n) is 4.74. The first-order valence-corrected chi connectivity index (χ1v) is 7.96. The molecule has 1 aromatic carbocycles. The number of benzene rings is 1. The van der Waals surface area contributed by atoms with E-state index in [0.29, 0.717) is 12.1 Å². The van der Waals surface area contributed by atoms with Crippen molar-refractivity contribution in [1.29, 1.82) is 0 Å². The fraction of sp³-hybridized carbons (Fsp3) is 0.611. The van der Waals surface area contributed by atoms with Crippen molar-refractivity contribution in [1.82, 2.24) is 5.32 Å². The second-order valence-electron chi connectivity index (χ2n) is 7.79. The predicted molar refractivity (Wildman–Crippen MR) is 85.7 cm³/mol. The van der Waals surface area contributed by atoms with Crippen molar-refractivity contribution in [2.45, 2.75) is 52.5 Å². The van der Waals surface area contributed by atoms with E-state index in [1.54, 1.807) is 0 Å². The minimum atomic E-state index is 0.0970. The standard InChI is InChI=1S/C18H26N2O/c1-17(2)13-8-9-18(3,11-13)16(17)20-15(21)10-12-6-4-5-7-14(12)19/h4-7,13,16H,8-11,19H2,1-3H3,(H,20,21). The summed E-state index contributed by atoms with van der Waals surface area (Å²) in [6.07, 6.45) is 4.17. The number of anilines is 1. The number of hydrogen-bond donors (Lipinski definition) is 2. The highest BCUT2D eigenvalue weighted by atomic mass is 16.1. The lowest BCUT2D eigenvalue weighted by molar-refractivity contribution is -0.123. The second kappa shape index (κ2) is 4.75. The van der Waals surface area contributed by atoms with Crippen molar-refractivity contribution >= 4 is 11.6 Å². The van der Waals surface area contributed by atoms with Crippen LogP contribution in [-0.2, 0) is 11.2 Å². The number of amides is 1. The zero-order chi connectivity index (χ0) is 15.3. The minimum Gasteiger partial charge on any atom is -0.398 e. The second-order valence-corrected chi connectivity index (χ2v) is 7.79. The van der Waals surface area contributed by atoms with Crippen LogP contribution in [0.5, 0.6) is 0 Å². The van der Waals surface area contributed by atoms with Gasteiger partial charge >= 0.3 is 0 Å². The van der Waals surface area contributed by atoms with Crippen LogP contribution >= 0.6 is 0 Å². The summed E-state index contributed by atoms with van der Waals surface area (Å²) in [4.78, 5) is 12.5. The molecule has 0 aromatic heterocycles. The normalized spacial score (nSPS) is 33.1. The molecular weight excluding hydrogens is 260 g/mol. The Balaban J connectivity index is 1.72. The summed E-state index contributed by atoms with van der Waals surface area (Å²) in [7, 11) is 0. The minimum absolute atomic E-state index is 0.0970. The Morgan fingerprint density at radius 1 is 1.33 bits per heavy atom. The molecule has 2 fully saturated rings. The maximum absolute atomic E-state index is 12.5. The van der Waals surface area contributed by atoms with Crippen LogP contribution in [0.1, 0.15) is 45.6 Å². The van der Waals surface area contributed by atoms with E-state index in [0.717, 1.165) is 11.5 Å². The van der Waals surface area contributed by atoms with Crippen molar-refractivity contribution in [3.05, 3.63) is 29.8 Å². The van der Waals surface area contributed by atoms with Crippen LogP contribution in [0.25, 0.3) is 0 Å². The lowest BCUT2D eigenvalue weighted by Crippen LogP contribution is -2.52. The molecule has 0 heterocycles. The first-order valence-electron chi connectivity index (χ1n) is 7.96. The fourth-order valence-corrected chi connectivity index (χ4v) is 4.74. The molecule has 3 rings (SSSR count). The third kappa shape index (κ3) is 2.33. The van der Waals surface area contributed by atoms with E-state index < -0.39 is 0 Å². The Morgan fingerprint density at radius 2 is 2.05 bits per heavy atom. The number of nitrogens with two attached hydrogens (primary N) is 1. The van der Waals surface area contributed by atoms with Gasteiger partial charge in [0, 0.05) is 11.7 Å². The number of rotatable bonds is 3. The molecule has 2 bridgehead atoms. The highest BCUT2D eigenvalue weighted by Gasteiger charge is 2.59. The molecule has 0 spiro atoms. The molecule has 0 radical (unpaired) electrons. The molecule has 3 heteroatoms. The van der Waals surface area contributed by atoms with Gasteiger partial charge in [-0.25, -0.2) is 0 Å². The van der Waals surface area contributed by atoms with Crippen LogP contribution in [0.3, 0.4) is 0 Å². The molecule has 2 aliphatic rings. The monoisotopic (exact) mass is 286 g/mol. The van der Waals surface area contributed by atoms with Crippen molar-refractivity contribution in [2.75, 3.05) is 5.73 Å². The summed E-state index contributed by atoms with van der Waals surface area (Å²) in [5, 5.41) is 3.32. The van der Waals surface area contributed by atoms with Gasteiger partial charge in [-0.2, -0.15) is 0 Å². The van der Waals surface area contributed by atoms with E-state index in [1.807, 2.05) is 24.3 Å². The Kier molecular flexibility index (Phi) is 3.27. The molecule has 3 nitrogen and oxygen atoms in total. The van der Waals surface area contributed by atoms with Crippen LogP contribution in [0.15, 0.2) is 24.3 Å². The van der Waals surface area contributed by atoms with Crippen molar-refractivity contribution < 1.29 is 4.79 Å². The third-order valence-corrected chi connectivity index (χ3v) is 5.98. The van der Waals surface area contributed by atoms with Crippen molar-refractivity contribution in [2.24, 2.45) is 16.7 Å². The number of nitrogens with one attached hydrogen (secondary N) is 1. The largest absolute Gasteiger partial charge is 0.398 e. The molecule has 2 saturated carbocycles. The van der Waals surface area contributed by atoms with Crippen molar-refractivity contribution in [3.8, 4) is 0 Å².